The van der Waals surface area contributed by atoms with E-state index in [2.05, 4.69) is 15.3 Å². The van der Waals surface area contributed by atoms with Crippen molar-refractivity contribution in [2.24, 2.45) is 5.92 Å². The first-order chi connectivity index (χ1) is 12.7. The van der Waals surface area contributed by atoms with Crippen molar-refractivity contribution in [1.82, 2.24) is 14.5 Å². The minimum atomic E-state index is 0.0408. The number of anilines is 1. The molecule has 2 aromatic heterocycles. The minimum absolute atomic E-state index is 0.0408. The monoisotopic (exact) mass is 350 g/mol. The summed E-state index contributed by atoms with van der Waals surface area (Å²) >= 11 is 0. The van der Waals surface area contributed by atoms with E-state index in [4.69, 9.17) is 4.74 Å². The summed E-state index contributed by atoms with van der Waals surface area (Å²) in [5.74, 6) is 1.92. The summed E-state index contributed by atoms with van der Waals surface area (Å²) in [5, 5.41) is 2.94. The standard InChI is InChI=1S/C20H22N4O2/c1-3-15(4-2)20(25)23-16-7-9-17(10-8-16)26-19-13-18(21-14-22-19)24-11-5-6-12-24/h5-15H,3-4H2,1-2H3,(H,23,25). The zero-order chi connectivity index (χ0) is 18.4. The molecule has 0 aliphatic carbocycles. The van der Waals surface area contributed by atoms with Gasteiger partial charge in [-0.05, 0) is 49.2 Å². The van der Waals surface area contributed by atoms with Crippen molar-refractivity contribution in [3.63, 3.8) is 0 Å². The normalized spacial score (nSPS) is 10.7. The van der Waals surface area contributed by atoms with Gasteiger partial charge in [0.25, 0.3) is 0 Å². The van der Waals surface area contributed by atoms with Gasteiger partial charge in [0.05, 0.1) is 0 Å². The average molecular weight is 350 g/mol. The summed E-state index contributed by atoms with van der Waals surface area (Å²) in [7, 11) is 0. The van der Waals surface area contributed by atoms with E-state index in [9.17, 15) is 4.79 Å². The number of hydrogen-bond donors (Lipinski definition) is 1. The number of aromatic nitrogens is 3. The second kappa shape index (κ2) is 8.29. The van der Waals surface area contributed by atoms with E-state index in [0.717, 1.165) is 24.3 Å². The topological polar surface area (TPSA) is 69.0 Å². The summed E-state index contributed by atoms with van der Waals surface area (Å²) in [6.07, 6.45) is 6.95. The quantitative estimate of drug-likeness (QED) is 0.684. The molecular formula is C20H22N4O2. The molecule has 0 aliphatic rings. The van der Waals surface area contributed by atoms with E-state index in [1.807, 2.05) is 55.1 Å². The van der Waals surface area contributed by atoms with E-state index in [-0.39, 0.29) is 11.8 Å². The van der Waals surface area contributed by atoms with Crippen molar-refractivity contribution in [2.45, 2.75) is 26.7 Å². The largest absolute Gasteiger partial charge is 0.439 e. The molecule has 1 N–H and O–H groups in total. The lowest BCUT2D eigenvalue weighted by atomic mass is 10.0. The highest BCUT2D eigenvalue weighted by molar-refractivity contribution is 5.92. The van der Waals surface area contributed by atoms with Crippen LogP contribution < -0.4 is 10.1 Å². The number of nitrogens with one attached hydrogen (secondary N) is 1. The maximum absolute atomic E-state index is 12.1. The van der Waals surface area contributed by atoms with Crippen LogP contribution in [0.3, 0.4) is 0 Å². The second-order valence-corrected chi connectivity index (χ2v) is 5.93. The lowest BCUT2D eigenvalue weighted by Crippen LogP contribution is -2.21. The molecule has 0 bridgehead atoms. The summed E-state index contributed by atoms with van der Waals surface area (Å²) in [5.41, 5.74) is 0.755. The molecule has 1 aromatic carbocycles. The smallest absolute Gasteiger partial charge is 0.227 e. The number of benzene rings is 1. The highest BCUT2D eigenvalue weighted by Crippen LogP contribution is 2.23. The van der Waals surface area contributed by atoms with Gasteiger partial charge in [0.15, 0.2) is 0 Å². The van der Waals surface area contributed by atoms with Crippen LogP contribution in [0, 0.1) is 5.92 Å². The molecule has 6 heteroatoms. The third kappa shape index (κ3) is 4.27. The van der Waals surface area contributed by atoms with Crippen LogP contribution in [0.15, 0.2) is 61.2 Å². The van der Waals surface area contributed by atoms with Crippen molar-refractivity contribution in [2.75, 3.05) is 5.32 Å². The summed E-state index contributed by atoms with van der Waals surface area (Å²) in [4.78, 5) is 20.5. The summed E-state index contributed by atoms with van der Waals surface area (Å²) in [6.45, 7) is 4.04. The molecule has 0 atom stereocenters. The van der Waals surface area contributed by atoms with Crippen molar-refractivity contribution >= 4 is 11.6 Å². The molecule has 134 valence electrons. The number of amides is 1. The van der Waals surface area contributed by atoms with Gasteiger partial charge < -0.3 is 14.6 Å². The van der Waals surface area contributed by atoms with Crippen molar-refractivity contribution in [3.05, 3.63) is 61.2 Å². The molecule has 6 nitrogen and oxygen atoms in total. The fourth-order valence-corrected chi connectivity index (χ4v) is 2.65. The van der Waals surface area contributed by atoms with Gasteiger partial charge in [-0.15, -0.1) is 0 Å². The van der Waals surface area contributed by atoms with Crippen LogP contribution in [-0.2, 0) is 4.79 Å². The third-order valence-electron chi connectivity index (χ3n) is 4.20. The molecule has 0 radical (unpaired) electrons. The third-order valence-corrected chi connectivity index (χ3v) is 4.20. The van der Waals surface area contributed by atoms with Crippen molar-refractivity contribution in [3.8, 4) is 17.4 Å². The highest BCUT2D eigenvalue weighted by Gasteiger charge is 2.14. The van der Waals surface area contributed by atoms with Gasteiger partial charge in [-0.1, -0.05) is 13.8 Å². The number of carbonyl (C=O) groups is 1. The fourth-order valence-electron chi connectivity index (χ4n) is 2.65. The Morgan fingerprint density at radius 3 is 2.46 bits per heavy atom. The fraction of sp³-hybridized carbons (Fsp3) is 0.250. The minimum Gasteiger partial charge on any atom is -0.439 e. The van der Waals surface area contributed by atoms with Crippen LogP contribution in [0.25, 0.3) is 5.82 Å². The van der Waals surface area contributed by atoms with E-state index < -0.39 is 0 Å². The summed E-state index contributed by atoms with van der Waals surface area (Å²) in [6, 6.07) is 12.9. The second-order valence-electron chi connectivity index (χ2n) is 5.93. The SMILES string of the molecule is CCC(CC)C(=O)Nc1ccc(Oc2cc(-n3cccc3)ncn2)cc1. The summed E-state index contributed by atoms with van der Waals surface area (Å²) < 4.78 is 7.67. The molecule has 0 spiro atoms. The van der Waals surface area contributed by atoms with Crippen LogP contribution in [0.2, 0.25) is 0 Å². The molecule has 0 fully saturated rings. The van der Waals surface area contributed by atoms with Crippen LogP contribution >= 0.6 is 0 Å². The Labute approximate surface area is 152 Å². The molecule has 0 unspecified atom stereocenters. The van der Waals surface area contributed by atoms with Gasteiger partial charge in [-0.2, -0.15) is 0 Å². The maximum Gasteiger partial charge on any atom is 0.227 e. The molecular weight excluding hydrogens is 328 g/mol. The Morgan fingerprint density at radius 1 is 1.12 bits per heavy atom. The molecule has 1 amide bonds. The maximum atomic E-state index is 12.1. The molecule has 0 aliphatic heterocycles. The number of rotatable bonds is 7. The van der Waals surface area contributed by atoms with Gasteiger partial charge in [0.2, 0.25) is 11.8 Å². The molecule has 0 saturated heterocycles. The first kappa shape index (κ1) is 17.7. The van der Waals surface area contributed by atoms with Crippen LogP contribution in [0.1, 0.15) is 26.7 Å². The number of ether oxygens (including phenoxy) is 1. The van der Waals surface area contributed by atoms with Crippen LogP contribution in [0.5, 0.6) is 11.6 Å². The zero-order valence-electron chi connectivity index (χ0n) is 14.9. The van der Waals surface area contributed by atoms with Gasteiger partial charge in [-0.25, -0.2) is 9.97 Å². The van der Waals surface area contributed by atoms with Crippen LogP contribution in [-0.4, -0.2) is 20.4 Å². The Bertz CT molecular complexity index is 841. The van der Waals surface area contributed by atoms with Gasteiger partial charge in [0.1, 0.15) is 17.9 Å². The zero-order valence-corrected chi connectivity index (χ0v) is 14.9. The van der Waals surface area contributed by atoms with Gasteiger partial charge >= 0.3 is 0 Å². The first-order valence-electron chi connectivity index (χ1n) is 8.73. The molecule has 2 heterocycles. The number of hydrogen-bond acceptors (Lipinski definition) is 4. The molecule has 26 heavy (non-hydrogen) atoms. The lowest BCUT2D eigenvalue weighted by Gasteiger charge is -2.13. The van der Waals surface area contributed by atoms with Crippen molar-refractivity contribution < 1.29 is 9.53 Å². The molecule has 0 saturated carbocycles. The van der Waals surface area contributed by atoms with Crippen molar-refractivity contribution in [1.29, 1.82) is 0 Å². The van der Waals surface area contributed by atoms with E-state index >= 15 is 0 Å². The Kier molecular flexibility index (Phi) is 5.63. The van der Waals surface area contributed by atoms with Gasteiger partial charge in [-0.3, -0.25) is 4.79 Å². The number of nitrogens with zero attached hydrogens (tertiary/aromatic N) is 3. The predicted molar refractivity (Wildman–Crippen MR) is 101 cm³/mol. The van der Waals surface area contributed by atoms with E-state index in [1.165, 1.54) is 6.33 Å². The molecule has 3 aromatic rings. The van der Waals surface area contributed by atoms with E-state index in [1.54, 1.807) is 18.2 Å². The Hall–Kier alpha value is -3.15. The predicted octanol–water partition coefficient (Wildman–Crippen LogP) is 4.43. The number of carbonyl (C=O) groups excluding carboxylic acids is 1. The van der Waals surface area contributed by atoms with Crippen LogP contribution in [0.4, 0.5) is 5.69 Å². The Balaban J connectivity index is 1.66. The highest BCUT2D eigenvalue weighted by atomic mass is 16.5. The average Bonchev–Trinajstić information content (AvgIpc) is 3.19. The lowest BCUT2D eigenvalue weighted by molar-refractivity contribution is -0.120. The Morgan fingerprint density at radius 2 is 1.81 bits per heavy atom. The van der Waals surface area contributed by atoms with E-state index in [0.29, 0.717) is 11.6 Å². The van der Waals surface area contributed by atoms with Gasteiger partial charge in [0, 0.05) is 30.1 Å². The molecule has 3 rings (SSSR count). The first-order valence-corrected chi connectivity index (χ1v) is 8.73.